The maximum absolute atomic E-state index is 12.6. The molecule has 0 aliphatic heterocycles. The number of pyridine rings is 1. The van der Waals surface area contributed by atoms with Gasteiger partial charge in [0.05, 0.1) is 22.2 Å². The fraction of sp³-hybridized carbons (Fsp3) is 0.278. The maximum atomic E-state index is 12.6. The first-order chi connectivity index (χ1) is 13.2. The van der Waals surface area contributed by atoms with E-state index in [-0.39, 0.29) is 22.5 Å². The molecule has 0 spiro atoms. The highest BCUT2D eigenvalue weighted by molar-refractivity contribution is 7.99. The molecular formula is C18H15ClF3N3O2S. The van der Waals surface area contributed by atoms with Gasteiger partial charge in [0, 0.05) is 18.5 Å². The number of hydrogen-bond acceptors (Lipinski definition) is 5. The van der Waals surface area contributed by atoms with Crippen LogP contribution in [0.25, 0.3) is 0 Å². The highest BCUT2D eigenvalue weighted by Crippen LogP contribution is 2.33. The Balaban J connectivity index is 1.78. The van der Waals surface area contributed by atoms with E-state index in [1.165, 1.54) is 0 Å². The minimum absolute atomic E-state index is 0.0938. The number of ether oxygens (including phenoxy) is 1. The number of amides is 1. The Morgan fingerprint density at radius 1 is 1.39 bits per heavy atom. The van der Waals surface area contributed by atoms with Gasteiger partial charge in [0.2, 0.25) is 0 Å². The number of rotatable bonds is 7. The molecule has 148 valence electrons. The molecule has 2 aromatic rings. The third-order valence-corrected chi connectivity index (χ3v) is 4.85. The number of carbonyl (C=O) groups is 1. The number of nitrogens with zero attached hydrogens (tertiary/aromatic N) is 2. The second-order valence-corrected chi connectivity index (χ2v) is 7.04. The molecule has 1 aromatic heterocycles. The van der Waals surface area contributed by atoms with Crippen molar-refractivity contribution in [2.45, 2.75) is 24.2 Å². The first-order valence-electron chi connectivity index (χ1n) is 8.01. The fourth-order valence-electron chi connectivity index (χ4n) is 2.02. The number of aromatic nitrogens is 1. The summed E-state index contributed by atoms with van der Waals surface area (Å²) in [6.45, 7) is 1.83. The highest BCUT2D eigenvalue weighted by atomic mass is 35.5. The summed E-state index contributed by atoms with van der Waals surface area (Å²) >= 11 is 6.96. The Kier molecular flexibility index (Phi) is 7.54. The molecule has 1 N–H and O–H groups in total. The zero-order chi connectivity index (χ0) is 20.7. The van der Waals surface area contributed by atoms with Gasteiger partial charge in [0.25, 0.3) is 5.91 Å². The van der Waals surface area contributed by atoms with E-state index in [4.69, 9.17) is 21.6 Å². The number of carbonyl (C=O) groups excluding carboxylic acids is 1. The van der Waals surface area contributed by atoms with Crippen molar-refractivity contribution >= 4 is 29.3 Å². The van der Waals surface area contributed by atoms with Crippen LogP contribution in [0.2, 0.25) is 5.02 Å². The van der Waals surface area contributed by atoms with E-state index in [9.17, 15) is 18.0 Å². The summed E-state index contributed by atoms with van der Waals surface area (Å²) in [5, 5.41) is 11.6. The molecule has 0 fully saturated rings. The molecule has 0 aliphatic carbocycles. The minimum atomic E-state index is -4.50. The molecule has 1 amide bonds. The minimum Gasteiger partial charge on any atom is -0.481 e. The van der Waals surface area contributed by atoms with Gasteiger partial charge in [-0.05, 0) is 37.3 Å². The van der Waals surface area contributed by atoms with Crippen molar-refractivity contribution < 1.29 is 22.7 Å². The van der Waals surface area contributed by atoms with Crippen LogP contribution in [0.5, 0.6) is 5.75 Å². The van der Waals surface area contributed by atoms with E-state index in [1.807, 2.05) is 6.07 Å². The second-order valence-electron chi connectivity index (χ2n) is 5.54. The molecule has 10 heteroatoms. The van der Waals surface area contributed by atoms with Crippen molar-refractivity contribution in [1.29, 1.82) is 5.26 Å². The van der Waals surface area contributed by atoms with Gasteiger partial charge in [0.1, 0.15) is 10.8 Å². The van der Waals surface area contributed by atoms with Crippen molar-refractivity contribution in [1.82, 2.24) is 10.3 Å². The summed E-state index contributed by atoms with van der Waals surface area (Å²) < 4.78 is 43.2. The van der Waals surface area contributed by atoms with Crippen LogP contribution in [0.15, 0.2) is 41.6 Å². The van der Waals surface area contributed by atoms with Gasteiger partial charge >= 0.3 is 6.18 Å². The Labute approximate surface area is 168 Å². The van der Waals surface area contributed by atoms with Crippen LogP contribution in [0.4, 0.5) is 13.2 Å². The molecule has 0 radical (unpaired) electrons. The summed E-state index contributed by atoms with van der Waals surface area (Å²) in [4.78, 5) is 15.8. The van der Waals surface area contributed by atoms with Crippen molar-refractivity contribution in [2.75, 3.05) is 12.3 Å². The van der Waals surface area contributed by atoms with Crippen LogP contribution < -0.4 is 10.1 Å². The van der Waals surface area contributed by atoms with E-state index in [0.717, 1.165) is 24.0 Å². The average Bonchev–Trinajstić information content (AvgIpc) is 2.65. The number of halogens is 4. The van der Waals surface area contributed by atoms with Crippen LogP contribution in [0.3, 0.4) is 0 Å². The molecule has 1 heterocycles. The Morgan fingerprint density at radius 3 is 2.64 bits per heavy atom. The normalized spacial score (nSPS) is 12.1. The first kappa shape index (κ1) is 21.9. The van der Waals surface area contributed by atoms with E-state index in [0.29, 0.717) is 17.1 Å². The predicted octanol–water partition coefficient (Wildman–Crippen LogP) is 4.30. The number of nitriles is 1. The molecule has 1 aromatic carbocycles. The topological polar surface area (TPSA) is 75.0 Å². The largest absolute Gasteiger partial charge is 0.481 e. The van der Waals surface area contributed by atoms with Crippen molar-refractivity contribution in [3.63, 3.8) is 0 Å². The zero-order valence-electron chi connectivity index (χ0n) is 14.6. The summed E-state index contributed by atoms with van der Waals surface area (Å²) in [6.07, 6.45) is -4.54. The summed E-state index contributed by atoms with van der Waals surface area (Å²) in [5.74, 6) is 0.473. The lowest BCUT2D eigenvalue weighted by Crippen LogP contribution is -2.37. The molecule has 0 aliphatic rings. The quantitative estimate of drug-likeness (QED) is 0.524. The summed E-state index contributed by atoms with van der Waals surface area (Å²) in [5.41, 5.74) is -0.430. The van der Waals surface area contributed by atoms with Crippen molar-refractivity contribution in [2.24, 2.45) is 0 Å². The Morgan fingerprint density at radius 2 is 2.07 bits per heavy atom. The van der Waals surface area contributed by atoms with Crippen molar-refractivity contribution in [3.8, 4) is 11.8 Å². The lowest BCUT2D eigenvalue weighted by Gasteiger charge is -2.14. The van der Waals surface area contributed by atoms with Crippen molar-refractivity contribution in [3.05, 3.63) is 52.7 Å². The first-order valence-corrected chi connectivity index (χ1v) is 9.37. The third kappa shape index (κ3) is 6.32. The van der Waals surface area contributed by atoms with Crippen LogP contribution in [0, 0.1) is 11.3 Å². The summed E-state index contributed by atoms with van der Waals surface area (Å²) in [6, 6.07) is 9.16. The Hall–Kier alpha value is -2.44. The van der Waals surface area contributed by atoms with E-state index >= 15 is 0 Å². The molecular weight excluding hydrogens is 415 g/mol. The maximum Gasteiger partial charge on any atom is 0.417 e. The molecule has 5 nitrogen and oxygen atoms in total. The van der Waals surface area contributed by atoms with E-state index in [1.54, 1.807) is 31.2 Å². The number of hydrogen-bond donors (Lipinski definition) is 1. The molecule has 0 saturated heterocycles. The van der Waals surface area contributed by atoms with Gasteiger partial charge in [-0.3, -0.25) is 4.79 Å². The lowest BCUT2D eigenvalue weighted by atomic mass is 10.2. The van der Waals surface area contributed by atoms with E-state index in [2.05, 4.69) is 10.3 Å². The molecule has 1 atom stereocenters. The number of benzene rings is 1. The standard InChI is InChI=1S/C18H15ClF3N3O2S/c1-11(27-14-4-2-12(9-23)3-5-14)16(26)24-6-7-28-17-15(19)8-13(10-25-17)18(20,21)22/h2-5,8,10-11H,6-7H2,1H3,(H,24,26). The number of alkyl halides is 3. The van der Waals surface area contributed by atoms with Gasteiger partial charge in [-0.15, -0.1) is 11.8 Å². The van der Waals surface area contributed by atoms with Crippen LogP contribution in [-0.2, 0) is 11.0 Å². The number of nitrogens with one attached hydrogen (secondary N) is 1. The van der Waals surface area contributed by atoms with Crippen LogP contribution in [0.1, 0.15) is 18.1 Å². The third-order valence-electron chi connectivity index (χ3n) is 3.44. The van der Waals surface area contributed by atoms with Gasteiger partial charge in [-0.25, -0.2) is 4.98 Å². The van der Waals surface area contributed by atoms with Crippen LogP contribution in [-0.4, -0.2) is 29.3 Å². The van der Waals surface area contributed by atoms with Gasteiger partial charge in [-0.2, -0.15) is 18.4 Å². The van der Waals surface area contributed by atoms with Crippen LogP contribution >= 0.6 is 23.4 Å². The predicted molar refractivity (Wildman–Crippen MR) is 99.2 cm³/mol. The Bertz CT molecular complexity index is 870. The lowest BCUT2D eigenvalue weighted by molar-refractivity contribution is -0.137. The fourth-order valence-corrected chi connectivity index (χ4v) is 3.07. The van der Waals surface area contributed by atoms with E-state index < -0.39 is 17.8 Å². The molecule has 2 rings (SSSR count). The molecule has 0 saturated carbocycles. The molecule has 28 heavy (non-hydrogen) atoms. The smallest absolute Gasteiger partial charge is 0.417 e. The SMILES string of the molecule is CC(Oc1ccc(C#N)cc1)C(=O)NCCSc1ncc(C(F)(F)F)cc1Cl. The zero-order valence-corrected chi connectivity index (χ0v) is 16.2. The molecule has 0 bridgehead atoms. The molecule has 1 unspecified atom stereocenters. The van der Waals surface area contributed by atoms with Gasteiger partial charge in [0.15, 0.2) is 6.10 Å². The number of thioether (sulfide) groups is 1. The monoisotopic (exact) mass is 429 g/mol. The second kappa shape index (κ2) is 9.66. The van der Waals surface area contributed by atoms with Gasteiger partial charge in [-0.1, -0.05) is 11.6 Å². The summed E-state index contributed by atoms with van der Waals surface area (Å²) in [7, 11) is 0. The average molecular weight is 430 g/mol. The van der Waals surface area contributed by atoms with Gasteiger partial charge < -0.3 is 10.1 Å². The highest BCUT2D eigenvalue weighted by Gasteiger charge is 2.31.